The van der Waals surface area contributed by atoms with E-state index in [4.69, 9.17) is 4.74 Å². The standard InChI is InChI=1S/C17H34N2O3/c1-15(2)19-17(21)14-18-16(20)12-10-8-6-4-5-7-9-11-13-22-3/h15H,4-14H2,1-3H3,(H,18,20)(H,19,21). The summed E-state index contributed by atoms with van der Waals surface area (Å²) in [5, 5.41) is 5.40. The number of ether oxygens (including phenoxy) is 1. The van der Waals surface area contributed by atoms with Crippen LogP contribution in [0.3, 0.4) is 0 Å². The normalized spacial score (nSPS) is 10.7. The summed E-state index contributed by atoms with van der Waals surface area (Å²) in [6, 6.07) is 0.110. The van der Waals surface area contributed by atoms with Gasteiger partial charge in [0.1, 0.15) is 0 Å². The van der Waals surface area contributed by atoms with Crippen molar-refractivity contribution in [2.24, 2.45) is 0 Å². The number of hydrogen-bond donors (Lipinski definition) is 2. The summed E-state index contributed by atoms with van der Waals surface area (Å²) in [6.07, 6.45) is 9.88. The molecule has 0 bridgehead atoms. The quantitative estimate of drug-likeness (QED) is 0.484. The van der Waals surface area contributed by atoms with Crippen LogP contribution in [0.15, 0.2) is 0 Å². The van der Waals surface area contributed by atoms with E-state index < -0.39 is 0 Å². The molecule has 0 aromatic heterocycles. The van der Waals surface area contributed by atoms with Gasteiger partial charge in [0, 0.05) is 26.2 Å². The summed E-state index contributed by atoms with van der Waals surface area (Å²) in [5.74, 6) is -0.157. The molecule has 5 heteroatoms. The summed E-state index contributed by atoms with van der Waals surface area (Å²) in [6.45, 7) is 4.75. The summed E-state index contributed by atoms with van der Waals surface area (Å²) >= 11 is 0. The van der Waals surface area contributed by atoms with E-state index in [-0.39, 0.29) is 24.4 Å². The first-order valence-electron chi connectivity index (χ1n) is 8.61. The lowest BCUT2D eigenvalue weighted by atomic mass is 10.1. The van der Waals surface area contributed by atoms with E-state index in [2.05, 4.69) is 10.6 Å². The Morgan fingerprint density at radius 3 is 1.95 bits per heavy atom. The lowest BCUT2D eigenvalue weighted by Gasteiger charge is -2.09. The lowest BCUT2D eigenvalue weighted by molar-refractivity contribution is -0.126. The zero-order valence-corrected chi connectivity index (χ0v) is 14.6. The second kappa shape index (κ2) is 14.8. The van der Waals surface area contributed by atoms with Crippen molar-refractivity contribution in [1.82, 2.24) is 10.6 Å². The number of carbonyl (C=O) groups is 2. The number of nitrogens with one attached hydrogen (secondary N) is 2. The van der Waals surface area contributed by atoms with Crippen LogP contribution in [0.4, 0.5) is 0 Å². The Morgan fingerprint density at radius 2 is 1.41 bits per heavy atom. The predicted octanol–water partition coefficient (Wildman–Crippen LogP) is 2.78. The van der Waals surface area contributed by atoms with Crippen LogP contribution >= 0.6 is 0 Å². The summed E-state index contributed by atoms with van der Waals surface area (Å²) < 4.78 is 5.01. The smallest absolute Gasteiger partial charge is 0.239 e. The molecule has 2 amide bonds. The van der Waals surface area contributed by atoms with E-state index in [0.717, 1.165) is 25.9 Å². The van der Waals surface area contributed by atoms with Gasteiger partial charge >= 0.3 is 0 Å². The largest absolute Gasteiger partial charge is 0.385 e. The highest BCUT2D eigenvalue weighted by molar-refractivity contribution is 5.84. The molecule has 0 spiro atoms. The Labute approximate surface area is 135 Å². The zero-order valence-electron chi connectivity index (χ0n) is 14.6. The first-order chi connectivity index (χ1) is 10.6. The van der Waals surface area contributed by atoms with E-state index in [1.54, 1.807) is 7.11 Å². The fourth-order valence-electron chi connectivity index (χ4n) is 2.23. The maximum atomic E-state index is 11.6. The number of amides is 2. The highest BCUT2D eigenvalue weighted by Crippen LogP contribution is 2.09. The number of unbranched alkanes of at least 4 members (excludes halogenated alkanes) is 7. The molecular weight excluding hydrogens is 280 g/mol. The van der Waals surface area contributed by atoms with Crippen molar-refractivity contribution in [3.8, 4) is 0 Å². The molecule has 130 valence electrons. The van der Waals surface area contributed by atoms with Gasteiger partial charge in [-0.2, -0.15) is 0 Å². The third-order valence-electron chi connectivity index (χ3n) is 3.40. The third-order valence-corrected chi connectivity index (χ3v) is 3.40. The van der Waals surface area contributed by atoms with Crippen LogP contribution in [-0.2, 0) is 14.3 Å². The SMILES string of the molecule is COCCCCCCCCCCC(=O)NCC(=O)NC(C)C. The minimum absolute atomic E-state index is 0.0292. The van der Waals surface area contributed by atoms with Crippen LogP contribution in [0.5, 0.6) is 0 Å². The third kappa shape index (κ3) is 15.3. The summed E-state index contributed by atoms with van der Waals surface area (Å²) in [7, 11) is 1.74. The van der Waals surface area contributed by atoms with E-state index in [0.29, 0.717) is 6.42 Å². The Morgan fingerprint density at radius 1 is 0.864 bits per heavy atom. The molecular formula is C17H34N2O3. The van der Waals surface area contributed by atoms with Crippen molar-refractivity contribution in [1.29, 1.82) is 0 Å². The molecule has 0 aromatic rings. The maximum absolute atomic E-state index is 11.6. The Hall–Kier alpha value is -1.10. The van der Waals surface area contributed by atoms with Crippen molar-refractivity contribution < 1.29 is 14.3 Å². The Balaban J connectivity index is 3.30. The van der Waals surface area contributed by atoms with Crippen LogP contribution in [0.25, 0.3) is 0 Å². The Kier molecular flexibility index (Phi) is 14.1. The molecule has 0 saturated heterocycles. The molecule has 0 fully saturated rings. The van der Waals surface area contributed by atoms with Crippen molar-refractivity contribution in [2.45, 2.75) is 77.7 Å². The molecule has 0 saturated carbocycles. The number of hydrogen-bond acceptors (Lipinski definition) is 3. The Bertz CT molecular complexity index is 294. The monoisotopic (exact) mass is 314 g/mol. The van der Waals surface area contributed by atoms with Crippen LogP contribution in [-0.4, -0.2) is 38.1 Å². The second-order valence-corrected chi connectivity index (χ2v) is 6.07. The molecule has 0 rings (SSSR count). The molecule has 22 heavy (non-hydrogen) atoms. The molecule has 2 N–H and O–H groups in total. The molecule has 0 unspecified atom stereocenters. The van der Waals surface area contributed by atoms with E-state index >= 15 is 0 Å². The van der Waals surface area contributed by atoms with Gasteiger partial charge in [-0.25, -0.2) is 0 Å². The first-order valence-corrected chi connectivity index (χ1v) is 8.61. The minimum Gasteiger partial charge on any atom is -0.385 e. The average molecular weight is 314 g/mol. The van der Waals surface area contributed by atoms with Gasteiger partial charge in [0.15, 0.2) is 0 Å². The van der Waals surface area contributed by atoms with E-state index in [1.807, 2.05) is 13.8 Å². The predicted molar refractivity (Wildman–Crippen MR) is 89.7 cm³/mol. The van der Waals surface area contributed by atoms with E-state index in [1.165, 1.54) is 32.1 Å². The summed E-state index contributed by atoms with van der Waals surface area (Å²) in [4.78, 5) is 22.9. The topological polar surface area (TPSA) is 67.4 Å². The highest BCUT2D eigenvalue weighted by Gasteiger charge is 2.06. The number of methoxy groups -OCH3 is 1. The first kappa shape index (κ1) is 20.9. The van der Waals surface area contributed by atoms with E-state index in [9.17, 15) is 9.59 Å². The lowest BCUT2D eigenvalue weighted by Crippen LogP contribution is -2.39. The fraction of sp³-hybridized carbons (Fsp3) is 0.882. The van der Waals surface area contributed by atoms with Crippen LogP contribution in [0.1, 0.15) is 71.6 Å². The number of carbonyl (C=O) groups excluding carboxylic acids is 2. The molecule has 0 aliphatic rings. The maximum Gasteiger partial charge on any atom is 0.239 e. The highest BCUT2D eigenvalue weighted by atomic mass is 16.5. The molecule has 0 aliphatic heterocycles. The molecule has 5 nitrogen and oxygen atoms in total. The van der Waals surface area contributed by atoms with Crippen molar-refractivity contribution in [3.63, 3.8) is 0 Å². The zero-order chi connectivity index (χ0) is 16.6. The summed E-state index contributed by atoms with van der Waals surface area (Å²) in [5.41, 5.74) is 0. The van der Waals surface area contributed by atoms with Crippen molar-refractivity contribution >= 4 is 11.8 Å². The molecule has 0 heterocycles. The molecule has 0 atom stereocenters. The molecule has 0 aliphatic carbocycles. The van der Waals surface area contributed by atoms with Crippen molar-refractivity contribution in [2.75, 3.05) is 20.3 Å². The molecule has 0 radical (unpaired) electrons. The van der Waals surface area contributed by atoms with Gasteiger partial charge in [0.05, 0.1) is 6.54 Å². The number of rotatable bonds is 14. The van der Waals surface area contributed by atoms with Gasteiger partial charge in [0.2, 0.25) is 11.8 Å². The van der Waals surface area contributed by atoms with Gasteiger partial charge in [-0.3, -0.25) is 9.59 Å². The average Bonchev–Trinajstić information content (AvgIpc) is 2.46. The van der Waals surface area contributed by atoms with Gasteiger partial charge in [-0.15, -0.1) is 0 Å². The van der Waals surface area contributed by atoms with Crippen molar-refractivity contribution in [3.05, 3.63) is 0 Å². The van der Waals surface area contributed by atoms with Crippen LogP contribution in [0, 0.1) is 0 Å². The van der Waals surface area contributed by atoms with Gasteiger partial charge in [0.25, 0.3) is 0 Å². The van der Waals surface area contributed by atoms with Gasteiger partial charge in [-0.1, -0.05) is 38.5 Å². The fourth-order valence-corrected chi connectivity index (χ4v) is 2.23. The van der Waals surface area contributed by atoms with Crippen LogP contribution < -0.4 is 10.6 Å². The minimum atomic E-state index is -0.128. The van der Waals surface area contributed by atoms with Gasteiger partial charge in [-0.05, 0) is 26.7 Å². The second-order valence-electron chi connectivity index (χ2n) is 6.07. The van der Waals surface area contributed by atoms with Crippen LogP contribution in [0.2, 0.25) is 0 Å². The van der Waals surface area contributed by atoms with Gasteiger partial charge < -0.3 is 15.4 Å². The molecule has 0 aromatic carbocycles.